The Kier molecular flexibility index (Phi) is 6.63. The molecule has 2 rings (SSSR count). The standard InChI is InChI=1S/C19H23ClN2O/c1-3-15-8-10-16(11-9-15)13-22(2)14-19(23)21-12-17-6-4-5-7-18(17)20/h4-11H,3,12-14H2,1-2H3,(H,21,23). The number of benzene rings is 2. The van der Waals surface area contributed by atoms with Gasteiger partial charge in [0.2, 0.25) is 5.91 Å². The van der Waals surface area contributed by atoms with Gasteiger partial charge in [0, 0.05) is 18.1 Å². The molecular formula is C19H23ClN2O. The van der Waals surface area contributed by atoms with Crippen molar-refractivity contribution in [2.75, 3.05) is 13.6 Å². The van der Waals surface area contributed by atoms with E-state index in [1.807, 2.05) is 36.2 Å². The first kappa shape index (κ1) is 17.5. The van der Waals surface area contributed by atoms with Crippen molar-refractivity contribution in [2.24, 2.45) is 0 Å². The third-order valence-electron chi connectivity index (χ3n) is 3.73. The fraction of sp³-hybridized carbons (Fsp3) is 0.316. The van der Waals surface area contributed by atoms with Crippen molar-refractivity contribution in [3.05, 3.63) is 70.2 Å². The predicted molar refractivity (Wildman–Crippen MR) is 95.5 cm³/mol. The molecule has 0 saturated carbocycles. The Balaban J connectivity index is 1.79. The average molecular weight is 331 g/mol. The lowest BCUT2D eigenvalue weighted by Crippen LogP contribution is -2.34. The van der Waals surface area contributed by atoms with Crippen molar-refractivity contribution in [1.29, 1.82) is 0 Å². The number of likely N-dealkylation sites (N-methyl/N-ethyl adjacent to an activating group) is 1. The molecule has 0 aliphatic heterocycles. The molecule has 23 heavy (non-hydrogen) atoms. The minimum atomic E-state index is -0.00222. The van der Waals surface area contributed by atoms with Crippen LogP contribution < -0.4 is 5.32 Å². The van der Waals surface area contributed by atoms with Crippen LogP contribution in [0, 0.1) is 0 Å². The van der Waals surface area contributed by atoms with Crippen molar-refractivity contribution in [3.8, 4) is 0 Å². The van der Waals surface area contributed by atoms with Gasteiger partial charge >= 0.3 is 0 Å². The molecule has 1 N–H and O–H groups in total. The SMILES string of the molecule is CCc1ccc(CN(C)CC(=O)NCc2ccccc2Cl)cc1. The first-order valence-electron chi connectivity index (χ1n) is 7.85. The summed E-state index contributed by atoms with van der Waals surface area (Å²) in [6, 6.07) is 16.1. The molecule has 2 aromatic carbocycles. The Morgan fingerprint density at radius 3 is 2.39 bits per heavy atom. The van der Waals surface area contributed by atoms with Crippen LogP contribution in [0.3, 0.4) is 0 Å². The van der Waals surface area contributed by atoms with Crippen molar-refractivity contribution >= 4 is 17.5 Å². The highest BCUT2D eigenvalue weighted by Gasteiger charge is 2.08. The van der Waals surface area contributed by atoms with Gasteiger partial charge in [-0.05, 0) is 36.2 Å². The number of amides is 1. The summed E-state index contributed by atoms with van der Waals surface area (Å²) >= 11 is 6.08. The van der Waals surface area contributed by atoms with Gasteiger partial charge in [0.05, 0.1) is 6.54 Å². The lowest BCUT2D eigenvalue weighted by atomic mass is 10.1. The quantitative estimate of drug-likeness (QED) is 0.840. The molecule has 122 valence electrons. The highest BCUT2D eigenvalue weighted by Crippen LogP contribution is 2.14. The average Bonchev–Trinajstić information content (AvgIpc) is 2.54. The van der Waals surface area contributed by atoms with E-state index < -0.39 is 0 Å². The van der Waals surface area contributed by atoms with Gasteiger partial charge in [0.1, 0.15) is 0 Å². The Bertz CT molecular complexity index is 640. The molecule has 3 nitrogen and oxygen atoms in total. The first-order valence-corrected chi connectivity index (χ1v) is 8.22. The highest BCUT2D eigenvalue weighted by atomic mass is 35.5. The number of hydrogen-bond donors (Lipinski definition) is 1. The minimum Gasteiger partial charge on any atom is -0.351 e. The summed E-state index contributed by atoms with van der Waals surface area (Å²) in [5.74, 6) is -0.00222. The molecule has 0 radical (unpaired) electrons. The largest absolute Gasteiger partial charge is 0.351 e. The molecule has 0 fully saturated rings. The van der Waals surface area contributed by atoms with Crippen LogP contribution in [-0.4, -0.2) is 24.4 Å². The molecule has 4 heteroatoms. The molecule has 0 aliphatic carbocycles. The number of carbonyl (C=O) groups excluding carboxylic acids is 1. The minimum absolute atomic E-state index is 0.00222. The van der Waals surface area contributed by atoms with E-state index in [1.54, 1.807) is 0 Å². The number of aryl methyl sites for hydroxylation is 1. The molecule has 0 spiro atoms. The van der Waals surface area contributed by atoms with Crippen molar-refractivity contribution < 1.29 is 4.79 Å². The van der Waals surface area contributed by atoms with E-state index in [1.165, 1.54) is 11.1 Å². The second kappa shape index (κ2) is 8.70. The first-order chi connectivity index (χ1) is 11.1. The molecule has 1 amide bonds. The molecule has 0 heterocycles. The molecule has 0 aromatic heterocycles. The summed E-state index contributed by atoms with van der Waals surface area (Å²) in [5, 5.41) is 3.59. The molecule has 0 atom stereocenters. The van der Waals surface area contributed by atoms with Crippen LogP contribution in [-0.2, 0) is 24.3 Å². The van der Waals surface area contributed by atoms with Crippen LogP contribution in [0.2, 0.25) is 5.02 Å². The Morgan fingerprint density at radius 2 is 1.74 bits per heavy atom. The van der Waals surface area contributed by atoms with Gasteiger partial charge in [-0.2, -0.15) is 0 Å². The van der Waals surface area contributed by atoms with Crippen molar-refractivity contribution in [2.45, 2.75) is 26.4 Å². The van der Waals surface area contributed by atoms with E-state index in [9.17, 15) is 4.79 Å². The van der Waals surface area contributed by atoms with Gasteiger partial charge in [-0.25, -0.2) is 0 Å². The van der Waals surface area contributed by atoms with Crippen LogP contribution in [0.1, 0.15) is 23.6 Å². The Hall–Kier alpha value is -1.84. The van der Waals surface area contributed by atoms with E-state index in [0.717, 1.165) is 18.5 Å². The van der Waals surface area contributed by atoms with Gasteiger partial charge in [0.15, 0.2) is 0 Å². The molecular weight excluding hydrogens is 308 g/mol. The van der Waals surface area contributed by atoms with Gasteiger partial charge in [-0.15, -0.1) is 0 Å². The van der Waals surface area contributed by atoms with E-state index in [-0.39, 0.29) is 5.91 Å². The van der Waals surface area contributed by atoms with E-state index in [4.69, 9.17) is 11.6 Å². The van der Waals surface area contributed by atoms with E-state index >= 15 is 0 Å². The summed E-state index contributed by atoms with van der Waals surface area (Å²) in [5.41, 5.74) is 3.47. The number of carbonyl (C=O) groups is 1. The lowest BCUT2D eigenvalue weighted by Gasteiger charge is -2.17. The normalized spacial score (nSPS) is 10.8. The molecule has 2 aromatic rings. The summed E-state index contributed by atoms with van der Waals surface area (Å²) < 4.78 is 0. The molecule has 0 saturated heterocycles. The topological polar surface area (TPSA) is 32.3 Å². The molecule has 0 aliphatic rings. The maximum absolute atomic E-state index is 12.0. The number of nitrogens with one attached hydrogen (secondary N) is 1. The molecule has 0 bridgehead atoms. The third kappa shape index (κ3) is 5.70. The fourth-order valence-corrected chi connectivity index (χ4v) is 2.59. The zero-order valence-electron chi connectivity index (χ0n) is 13.7. The van der Waals surface area contributed by atoms with Crippen LogP contribution in [0.4, 0.5) is 0 Å². The van der Waals surface area contributed by atoms with Crippen LogP contribution in [0.15, 0.2) is 48.5 Å². The Morgan fingerprint density at radius 1 is 1.09 bits per heavy atom. The monoisotopic (exact) mass is 330 g/mol. The number of rotatable bonds is 7. The summed E-state index contributed by atoms with van der Waals surface area (Å²) in [7, 11) is 1.95. The van der Waals surface area contributed by atoms with Crippen LogP contribution in [0.25, 0.3) is 0 Å². The maximum atomic E-state index is 12.0. The third-order valence-corrected chi connectivity index (χ3v) is 4.10. The second-order valence-electron chi connectivity index (χ2n) is 5.71. The number of halogens is 1. The summed E-state index contributed by atoms with van der Waals surface area (Å²) in [4.78, 5) is 14.0. The maximum Gasteiger partial charge on any atom is 0.234 e. The lowest BCUT2D eigenvalue weighted by molar-refractivity contribution is -0.122. The van der Waals surface area contributed by atoms with Crippen molar-refractivity contribution in [3.63, 3.8) is 0 Å². The highest BCUT2D eigenvalue weighted by molar-refractivity contribution is 6.31. The van der Waals surface area contributed by atoms with E-state index in [0.29, 0.717) is 18.1 Å². The van der Waals surface area contributed by atoms with Crippen LogP contribution in [0.5, 0.6) is 0 Å². The predicted octanol–water partition coefficient (Wildman–Crippen LogP) is 3.65. The van der Waals surface area contributed by atoms with Crippen LogP contribution >= 0.6 is 11.6 Å². The zero-order valence-corrected chi connectivity index (χ0v) is 14.4. The number of hydrogen-bond acceptors (Lipinski definition) is 2. The number of nitrogens with zero attached hydrogens (tertiary/aromatic N) is 1. The second-order valence-corrected chi connectivity index (χ2v) is 6.12. The van der Waals surface area contributed by atoms with E-state index in [2.05, 4.69) is 36.5 Å². The van der Waals surface area contributed by atoms with Gasteiger partial charge in [-0.3, -0.25) is 9.69 Å². The Labute approximate surface area is 143 Å². The van der Waals surface area contributed by atoms with Gasteiger partial charge < -0.3 is 5.32 Å². The zero-order chi connectivity index (χ0) is 16.7. The summed E-state index contributed by atoms with van der Waals surface area (Å²) in [6.45, 7) is 3.71. The fourth-order valence-electron chi connectivity index (χ4n) is 2.38. The van der Waals surface area contributed by atoms with Gasteiger partial charge in [-0.1, -0.05) is 61.0 Å². The smallest absolute Gasteiger partial charge is 0.234 e. The summed E-state index contributed by atoms with van der Waals surface area (Å²) in [6.07, 6.45) is 1.04. The molecule has 0 unspecified atom stereocenters. The van der Waals surface area contributed by atoms with Crippen molar-refractivity contribution in [1.82, 2.24) is 10.2 Å². The van der Waals surface area contributed by atoms with Gasteiger partial charge in [0.25, 0.3) is 0 Å².